The third-order valence-corrected chi connectivity index (χ3v) is 5.55. The Kier molecular flexibility index (Phi) is 5.54. The van der Waals surface area contributed by atoms with E-state index >= 15 is 0 Å². The average Bonchev–Trinajstić information content (AvgIpc) is 2.96. The highest BCUT2D eigenvalue weighted by molar-refractivity contribution is 6.34. The van der Waals surface area contributed by atoms with Crippen LogP contribution >= 0.6 is 11.6 Å². The van der Waals surface area contributed by atoms with Crippen LogP contribution in [-0.4, -0.2) is 76.1 Å². The van der Waals surface area contributed by atoms with Crippen LogP contribution in [0.3, 0.4) is 0 Å². The van der Waals surface area contributed by atoms with Crippen molar-refractivity contribution in [1.29, 1.82) is 0 Å². The number of hydrogen-bond donors (Lipinski definition) is 2. The second kappa shape index (κ2) is 7.83. The molecule has 3 heterocycles. The smallest absolute Gasteiger partial charge is 0.234 e. The summed E-state index contributed by atoms with van der Waals surface area (Å²) in [4.78, 5) is 24.7. The van der Waals surface area contributed by atoms with Gasteiger partial charge in [0.1, 0.15) is 17.2 Å². The van der Waals surface area contributed by atoms with Crippen LogP contribution in [0.25, 0.3) is 11.0 Å². The predicted octanol–water partition coefficient (Wildman–Crippen LogP) is 2.16. The number of benzene rings is 1. The normalized spacial score (nSPS) is 23.5. The molecule has 29 heavy (non-hydrogen) atoms. The Morgan fingerprint density at radius 1 is 1.34 bits per heavy atom. The van der Waals surface area contributed by atoms with Crippen LogP contribution in [0.1, 0.15) is 26.6 Å². The van der Waals surface area contributed by atoms with E-state index in [-0.39, 0.29) is 29.3 Å². The summed E-state index contributed by atoms with van der Waals surface area (Å²) in [5.41, 5.74) is 0.946. The number of amides is 1. The number of aromatic amines is 1. The van der Waals surface area contributed by atoms with Gasteiger partial charge in [-0.25, -0.2) is 9.37 Å². The van der Waals surface area contributed by atoms with Crippen molar-refractivity contribution >= 4 is 28.5 Å². The third-order valence-electron chi connectivity index (χ3n) is 5.26. The minimum atomic E-state index is -0.383. The van der Waals surface area contributed by atoms with E-state index in [0.29, 0.717) is 42.4 Å². The van der Waals surface area contributed by atoms with Crippen LogP contribution in [0.2, 0.25) is 5.02 Å². The molecule has 2 saturated heterocycles. The van der Waals surface area contributed by atoms with Crippen LogP contribution in [0, 0.1) is 5.82 Å². The summed E-state index contributed by atoms with van der Waals surface area (Å²) in [7, 11) is 0. The van der Waals surface area contributed by atoms with Crippen LogP contribution in [0.4, 0.5) is 4.39 Å². The zero-order chi connectivity index (χ0) is 20.8. The van der Waals surface area contributed by atoms with E-state index < -0.39 is 0 Å². The van der Waals surface area contributed by atoms with Crippen molar-refractivity contribution in [2.24, 2.45) is 0 Å². The van der Waals surface area contributed by atoms with Crippen LogP contribution < -0.4 is 5.32 Å². The molecule has 0 aliphatic carbocycles. The average molecular weight is 424 g/mol. The number of imidazole rings is 1. The van der Waals surface area contributed by atoms with Crippen molar-refractivity contribution < 1.29 is 13.9 Å². The fourth-order valence-corrected chi connectivity index (χ4v) is 4.45. The summed E-state index contributed by atoms with van der Waals surface area (Å²) in [5.74, 6) is 0.411. The maximum absolute atomic E-state index is 13.6. The number of H-pyrrole nitrogens is 1. The van der Waals surface area contributed by atoms with Crippen LogP contribution in [-0.2, 0) is 16.1 Å². The highest BCUT2D eigenvalue weighted by Gasteiger charge is 2.39. The molecular weight excluding hydrogens is 397 g/mol. The first kappa shape index (κ1) is 20.5. The number of piperazine rings is 1. The monoisotopic (exact) mass is 423 g/mol. The van der Waals surface area contributed by atoms with E-state index in [1.165, 1.54) is 12.1 Å². The van der Waals surface area contributed by atoms with Gasteiger partial charge in [-0.1, -0.05) is 11.6 Å². The number of aromatic nitrogens is 2. The molecule has 2 aliphatic rings. The maximum atomic E-state index is 13.6. The number of carbonyl (C=O) groups excluding carboxylic acids is 1. The van der Waals surface area contributed by atoms with Crippen molar-refractivity contribution in [2.45, 2.75) is 44.9 Å². The molecule has 1 aromatic heterocycles. The van der Waals surface area contributed by atoms with Gasteiger partial charge in [0.05, 0.1) is 36.8 Å². The highest BCUT2D eigenvalue weighted by Crippen LogP contribution is 2.25. The van der Waals surface area contributed by atoms with Gasteiger partial charge in [0, 0.05) is 30.7 Å². The number of hydrogen-bond acceptors (Lipinski definition) is 5. The molecule has 0 radical (unpaired) electrons. The molecule has 2 N–H and O–H groups in total. The number of nitrogens with one attached hydrogen (secondary N) is 2. The van der Waals surface area contributed by atoms with Crippen molar-refractivity contribution in [3.05, 3.63) is 28.8 Å². The number of nitrogens with zero attached hydrogens (tertiary/aromatic N) is 3. The first-order chi connectivity index (χ1) is 13.7. The molecule has 9 heteroatoms. The zero-order valence-corrected chi connectivity index (χ0v) is 17.7. The van der Waals surface area contributed by atoms with Crippen LogP contribution in [0.5, 0.6) is 0 Å². The van der Waals surface area contributed by atoms with Gasteiger partial charge in [0.25, 0.3) is 0 Å². The topological polar surface area (TPSA) is 73.5 Å². The Balaban J connectivity index is 1.43. The number of ether oxygens (including phenoxy) is 1. The molecule has 4 rings (SSSR count). The number of rotatable bonds is 4. The van der Waals surface area contributed by atoms with Gasteiger partial charge in [0.15, 0.2) is 0 Å². The molecule has 2 bridgehead atoms. The molecular formula is C20H27ClFN5O2. The summed E-state index contributed by atoms with van der Waals surface area (Å²) in [6, 6.07) is 2.99. The van der Waals surface area contributed by atoms with E-state index in [1.54, 1.807) is 0 Å². The lowest BCUT2D eigenvalue weighted by molar-refractivity contribution is -0.134. The Labute approximate surface area is 174 Å². The number of fused-ring (bicyclic) bond motifs is 3. The molecule has 1 amide bonds. The highest BCUT2D eigenvalue weighted by atomic mass is 35.5. The SMILES string of the molecule is CC(C)(C)NC(=O)CN1C2COCC1CN(Cc1nc3c(Cl)cc(F)cc3[nH]1)C2. The predicted molar refractivity (Wildman–Crippen MR) is 109 cm³/mol. The summed E-state index contributed by atoms with van der Waals surface area (Å²) in [6.45, 7) is 9.70. The Morgan fingerprint density at radius 3 is 2.69 bits per heavy atom. The first-order valence-electron chi connectivity index (χ1n) is 9.88. The summed E-state index contributed by atoms with van der Waals surface area (Å²) in [6.07, 6.45) is 0. The van der Waals surface area contributed by atoms with Gasteiger partial charge >= 0.3 is 0 Å². The lowest BCUT2D eigenvalue weighted by atomic mass is 10.0. The summed E-state index contributed by atoms with van der Waals surface area (Å²) < 4.78 is 19.3. The third kappa shape index (κ3) is 4.71. The van der Waals surface area contributed by atoms with Gasteiger partial charge in [-0.3, -0.25) is 14.6 Å². The molecule has 2 aliphatic heterocycles. The Hall–Kier alpha value is -1.74. The standard InChI is InChI=1S/C20H27ClFN5O2/c1-20(2,3)25-18(28)9-27-13-6-26(7-14(27)11-29-10-13)8-17-23-16-5-12(22)4-15(21)19(16)24-17/h4-5,13-14H,6-11H2,1-3H3,(H,23,24)(H,25,28). The van der Waals surface area contributed by atoms with Crippen molar-refractivity contribution in [1.82, 2.24) is 25.1 Å². The molecule has 2 aromatic rings. The fourth-order valence-electron chi connectivity index (χ4n) is 4.21. The molecule has 2 unspecified atom stereocenters. The fraction of sp³-hybridized carbons (Fsp3) is 0.600. The molecule has 2 atom stereocenters. The van der Waals surface area contributed by atoms with Crippen LogP contribution in [0.15, 0.2) is 12.1 Å². The van der Waals surface area contributed by atoms with Gasteiger partial charge < -0.3 is 15.0 Å². The van der Waals surface area contributed by atoms with E-state index in [4.69, 9.17) is 16.3 Å². The molecule has 2 fully saturated rings. The second-order valence-electron chi connectivity index (χ2n) is 8.98. The first-order valence-corrected chi connectivity index (χ1v) is 10.3. The minimum Gasteiger partial charge on any atom is -0.378 e. The number of morpholine rings is 1. The quantitative estimate of drug-likeness (QED) is 0.788. The molecule has 1 aromatic carbocycles. The van der Waals surface area contributed by atoms with Crippen molar-refractivity contribution in [3.63, 3.8) is 0 Å². The zero-order valence-electron chi connectivity index (χ0n) is 17.0. The number of halogens is 2. The minimum absolute atomic E-state index is 0.0387. The second-order valence-corrected chi connectivity index (χ2v) is 9.38. The van der Waals surface area contributed by atoms with Crippen molar-refractivity contribution in [3.8, 4) is 0 Å². The van der Waals surface area contributed by atoms with E-state index in [9.17, 15) is 9.18 Å². The van der Waals surface area contributed by atoms with Crippen molar-refractivity contribution in [2.75, 3.05) is 32.8 Å². The molecule has 158 valence electrons. The van der Waals surface area contributed by atoms with Gasteiger partial charge in [-0.2, -0.15) is 0 Å². The lowest BCUT2D eigenvalue weighted by Crippen LogP contribution is -2.66. The number of carbonyl (C=O) groups is 1. The van der Waals surface area contributed by atoms with Gasteiger partial charge in [-0.05, 0) is 32.9 Å². The van der Waals surface area contributed by atoms with Gasteiger partial charge in [-0.15, -0.1) is 0 Å². The largest absolute Gasteiger partial charge is 0.378 e. The van der Waals surface area contributed by atoms with Gasteiger partial charge in [0.2, 0.25) is 5.91 Å². The summed E-state index contributed by atoms with van der Waals surface area (Å²) >= 11 is 6.11. The summed E-state index contributed by atoms with van der Waals surface area (Å²) in [5, 5.41) is 3.35. The van der Waals surface area contributed by atoms with E-state index in [2.05, 4.69) is 25.1 Å². The lowest BCUT2D eigenvalue weighted by Gasteiger charge is -2.49. The molecule has 0 saturated carbocycles. The maximum Gasteiger partial charge on any atom is 0.234 e. The Morgan fingerprint density at radius 2 is 2.03 bits per heavy atom. The van der Waals surface area contributed by atoms with E-state index in [1.807, 2.05) is 20.8 Å². The Bertz CT molecular complexity index is 898. The molecule has 7 nitrogen and oxygen atoms in total. The van der Waals surface area contributed by atoms with E-state index in [0.717, 1.165) is 18.9 Å². The molecule has 0 spiro atoms.